The highest BCUT2D eigenvalue weighted by Crippen LogP contribution is 2.28. The first-order valence-electron chi connectivity index (χ1n) is 6.84. The van der Waals surface area contributed by atoms with Gasteiger partial charge >= 0.3 is 0 Å². The summed E-state index contributed by atoms with van der Waals surface area (Å²) >= 11 is 0. The van der Waals surface area contributed by atoms with E-state index in [1.54, 1.807) is 0 Å². The molecule has 0 aliphatic rings. The molecule has 0 heterocycles. The summed E-state index contributed by atoms with van der Waals surface area (Å²) in [5.74, 6) is 3.90. The van der Waals surface area contributed by atoms with Crippen molar-refractivity contribution in [2.24, 2.45) is 0 Å². The van der Waals surface area contributed by atoms with Crippen molar-refractivity contribution in [2.75, 3.05) is 40.4 Å². The fourth-order valence-electron chi connectivity index (χ4n) is 1.70. The summed E-state index contributed by atoms with van der Waals surface area (Å²) in [6.07, 6.45) is 5.21. The Balaban J connectivity index is 2.60. The Hall–Kier alpha value is -1.70. The van der Waals surface area contributed by atoms with Gasteiger partial charge in [0.05, 0.1) is 6.61 Å². The van der Waals surface area contributed by atoms with Gasteiger partial charge in [0, 0.05) is 19.6 Å². The van der Waals surface area contributed by atoms with E-state index >= 15 is 0 Å². The van der Waals surface area contributed by atoms with Crippen molar-refractivity contribution < 1.29 is 9.47 Å². The van der Waals surface area contributed by atoms with E-state index in [4.69, 9.17) is 15.9 Å². The summed E-state index contributed by atoms with van der Waals surface area (Å²) in [5.41, 5.74) is 1.17. The molecule has 1 rings (SSSR count). The predicted molar refractivity (Wildman–Crippen MR) is 82.2 cm³/mol. The summed E-state index contributed by atoms with van der Waals surface area (Å²) in [6, 6.07) is 5.93. The maximum atomic E-state index is 5.59. The number of benzene rings is 1. The van der Waals surface area contributed by atoms with E-state index in [1.165, 1.54) is 5.56 Å². The van der Waals surface area contributed by atoms with Crippen LogP contribution in [-0.2, 0) is 6.54 Å². The maximum absolute atomic E-state index is 5.59. The lowest BCUT2D eigenvalue weighted by molar-refractivity contribution is 0.299. The van der Waals surface area contributed by atoms with Crippen molar-refractivity contribution in [3.8, 4) is 23.8 Å². The molecule has 0 aromatic heterocycles. The number of ether oxygens (including phenoxy) is 2. The van der Waals surface area contributed by atoms with Crippen LogP contribution in [0.5, 0.6) is 11.5 Å². The topological polar surface area (TPSA) is 33.7 Å². The van der Waals surface area contributed by atoms with Gasteiger partial charge in [-0.2, -0.15) is 0 Å². The highest BCUT2D eigenvalue weighted by atomic mass is 16.5. The zero-order valence-corrected chi connectivity index (χ0v) is 12.6. The lowest BCUT2D eigenvalue weighted by atomic mass is 10.2. The van der Waals surface area contributed by atoms with Crippen LogP contribution in [-0.4, -0.2) is 45.3 Å². The van der Waals surface area contributed by atoms with E-state index in [1.807, 2.05) is 25.1 Å². The Labute approximate surface area is 122 Å². The molecule has 0 unspecified atom stereocenters. The van der Waals surface area contributed by atoms with Gasteiger partial charge in [-0.1, -0.05) is 12.0 Å². The Bertz CT molecular complexity index is 439. The van der Waals surface area contributed by atoms with Crippen LogP contribution in [0, 0.1) is 12.3 Å². The van der Waals surface area contributed by atoms with Gasteiger partial charge in [0.2, 0.25) is 0 Å². The molecule has 20 heavy (non-hydrogen) atoms. The van der Waals surface area contributed by atoms with E-state index in [9.17, 15) is 0 Å². The van der Waals surface area contributed by atoms with Gasteiger partial charge in [0.25, 0.3) is 0 Å². The van der Waals surface area contributed by atoms with Crippen molar-refractivity contribution in [3.05, 3.63) is 23.8 Å². The molecule has 1 aromatic carbocycles. The monoisotopic (exact) mass is 276 g/mol. The molecule has 1 aromatic rings. The summed E-state index contributed by atoms with van der Waals surface area (Å²) < 4.78 is 11.1. The largest absolute Gasteiger partial charge is 0.490 e. The number of nitrogens with zero attached hydrogens (tertiary/aromatic N) is 1. The number of likely N-dealkylation sites (N-methyl/N-ethyl adjacent to an activating group) is 1. The molecule has 0 bridgehead atoms. The third kappa shape index (κ3) is 5.96. The van der Waals surface area contributed by atoms with Gasteiger partial charge < -0.3 is 19.7 Å². The second kappa shape index (κ2) is 9.24. The average molecular weight is 276 g/mol. The third-order valence-electron chi connectivity index (χ3n) is 2.68. The molecule has 1 N–H and O–H groups in total. The molecule has 0 saturated carbocycles. The zero-order valence-electron chi connectivity index (χ0n) is 12.6. The first-order valence-corrected chi connectivity index (χ1v) is 6.84. The van der Waals surface area contributed by atoms with Gasteiger partial charge in [-0.3, -0.25) is 0 Å². The van der Waals surface area contributed by atoms with Crippen molar-refractivity contribution in [1.82, 2.24) is 10.2 Å². The molecule has 0 aliphatic carbocycles. The minimum absolute atomic E-state index is 0.251. The third-order valence-corrected chi connectivity index (χ3v) is 2.68. The predicted octanol–water partition coefficient (Wildman–Crippen LogP) is 1.75. The van der Waals surface area contributed by atoms with E-state index in [0.717, 1.165) is 25.4 Å². The summed E-state index contributed by atoms with van der Waals surface area (Å²) in [7, 11) is 4.12. The summed E-state index contributed by atoms with van der Waals surface area (Å²) in [6.45, 7) is 5.58. The van der Waals surface area contributed by atoms with E-state index < -0.39 is 0 Å². The molecule has 110 valence electrons. The SMILES string of the molecule is C#CCOc1ccc(CNCCN(C)C)cc1OCC. The molecule has 0 amide bonds. The minimum atomic E-state index is 0.251. The van der Waals surface area contributed by atoms with Crippen molar-refractivity contribution >= 4 is 0 Å². The fourth-order valence-corrected chi connectivity index (χ4v) is 1.70. The van der Waals surface area contributed by atoms with Crippen LogP contribution in [0.4, 0.5) is 0 Å². The minimum Gasteiger partial charge on any atom is -0.490 e. The van der Waals surface area contributed by atoms with Gasteiger partial charge in [-0.15, -0.1) is 6.42 Å². The molecule has 0 fully saturated rings. The highest BCUT2D eigenvalue weighted by Gasteiger charge is 2.06. The molecular formula is C16H24N2O2. The molecular weight excluding hydrogens is 252 g/mol. The molecule has 4 heteroatoms. The number of hydrogen-bond donors (Lipinski definition) is 1. The summed E-state index contributed by atoms with van der Waals surface area (Å²) in [4.78, 5) is 2.15. The van der Waals surface area contributed by atoms with Crippen LogP contribution in [0.3, 0.4) is 0 Å². The first-order chi connectivity index (χ1) is 9.67. The Morgan fingerprint density at radius 2 is 2.05 bits per heavy atom. The molecule has 0 atom stereocenters. The lowest BCUT2D eigenvalue weighted by Crippen LogP contribution is -2.26. The Morgan fingerprint density at radius 3 is 2.70 bits per heavy atom. The molecule has 0 spiro atoms. The van der Waals surface area contributed by atoms with E-state index in [2.05, 4.69) is 30.2 Å². The highest BCUT2D eigenvalue weighted by molar-refractivity contribution is 5.43. The van der Waals surface area contributed by atoms with Crippen LogP contribution in [0.1, 0.15) is 12.5 Å². The number of rotatable bonds is 9. The van der Waals surface area contributed by atoms with Crippen LogP contribution in [0.25, 0.3) is 0 Å². The van der Waals surface area contributed by atoms with Crippen molar-refractivity contribution in [2.45, 2.75) is 13.5 Å². The van der Waals surface area contributed by atoms with Crippen LogP contribution < -0.4 is 14.8 Å². The van der Waals surface area contributed by atoms with Gasteiger partial charge in [-0.05, 0) is 38.7 Å². The second-order valence-corrected chi connectivity index (χ2v) is 4.69. The van der Waals surface area contributed by atoms with Gasteiger partial charge in [0.15, 0.2) is 11.5 Å². The lowest BCUT2D eigenvalue weighted by Gasteiger charge is -2.13. The molecule has 0 saturated heterocycles. The maximum Gasteiger partial charge on any atom is 0.162 e. The zero-order chi connectivity index (χ0) is 14.8. The second-order valence-electron chi connectivity index (χ2n) is 4.69. The van der Waals surface area contributed by atoms with Crippen LogP contribution in [0.15, 0.2) is 18.2 Å². The van der Waals surface area contributed by atoms with Gasteiger partial charge in [-0.25, -0.2) is 0 Å². The van der Waals surface area contributed by atoms with E-state index in [0.29, 0.717) is 12.4 Å². The van der Waals surface area contributed by atoms with Crippen molar-refractivity contribution in [3.63, 3.8) is 0 Å². The van der Waals surface area contributed by atoms with Crippen LogP contribution in [0.2, 0.25) is 0 Å². The number of terminal acetylenes is 1. The quantitative estimate of drug-likeness (QED) is 0.550. The van der Waals surface area contributed by atoms with Crippen LogP contribution >= 0.6 is 0 Å². The average Bonchev–Trinajstić information content (AvgIpc) is 2.43. The smallest absolute Gasteiger partial charge is 0.162 e. The number of hydrogen-bond acceptors (Lipinski definition) is 4. The van der Waals surface area contributed by atoms with Crippen molar-refractivity contribution in [1.29, 1.82) is 0 Å². The fraction of sp³-hybridized carbons (Fsp3) is 0.500. The van der Waals surface area contributed by atoms with Gasteiger partial charge in [0.1, 0.15) is 6.61 Å². The normalized spacial score (nSPS) is 10.3. The molecule has 0 radical (unpaired) electrons. The Morgan fingerprint density at radius 1 is 1.25 bits per heavy atom. The molecule has 0 aliphatic heterocycles. The molecule has 4 nitrogen and oxygen atoms in total. The first kappa shape index (κ1) is 16.4. The summed E-state index contributed by atoms with van der Waals surface area (Å²) in [5, 5.41) is 3.39. The van der Waals surface area contributed by atoms with E-state index in [-0.39, 0.29) is 6.61 Å². The standard InChI is InChI=1S/C16H24N2O2/c1-5-11-20-15-8-7-14(12-16(15)19-6-2)13-17-9-10-18(3)4/h1,7-8,12,17H,6,9-11,13H2,2-4H3. The number of nitrogens with one attached hydrogen (secondary N) is 1. The Kier molecular flexibility index (Phi) is 7.56.